The summed E-state index contributed by atoms with van der Waals surface area (Å²) < 4.78 is 3.99. The van der Waals surface area contributed by atoms with Gasteiger partial charge in [0.2, 0.25) is 5.91 Å². The largest absolute Gasteiger partial charge is 0.386 e. The second-order valence-corrected chi connectivity index (χ2v) is 7.74. The van der Waals surface area contributed by atoms with E-state index < -0.39 is 6.10 Å². The van der Waals surface area contributed by atoms with E-state index in [9.17, 15) is 9.90 Å². The van der Waals surface area contributed by atoms with Crippen molar-refractivity contribution in [1.29, 1.82) is 0 Å². The average molecular weight is 364 g/mol. The van der Waals surface area contributed by atoms with Crippen molar-refractivity contribution in [2.45, 2.75) is 45.0 Å². The van der Waals surface area contributed by atoms with E-state index in [2.05, 4.69) is 11.2 Å². The van der Waals surface area contributed by atoms with Gasteiger partial charge in [-0.25, -0.2) is 0 Å². The van der Waals surface area contributed by atoms with Gasteiger partial charge in [-0.3, -0.25) is 9.48 Å². The van der Waals surface area contributed by atoms with Crippen LogP contribution < -0.4 is 0 Å². The van der Waals surface area contributed by atoms with Crippen LogP contribution in [0.3, 0.4) is 0 Å². The zero-order chi connectivity index (χ0) is 18.4. The zero-order valence-electron chi connectivity index (χ0n) is 15.3. The number of hydrogen-bond acceptors (Lipinski definition) is 3. The Balaban J connectivity index is 1.34. The summed E-state index contributed by atoms with van der Waals surface area (Å²) in [5.74, 6) is 0.485. The molecule has 1 amide bonds. The molecular formula is C21H24N4O2. The van der Waals surface area contributed by atoms with Crippen LogP contribution in [0, 0.1) is 5.92 Å². The van der Waals surface area contributed by atoms with E-state index in [0.717, 1.165) is 54.6 Å². The summed E-state index contributed by atoms with van der Waals surface area (Å²) in [5.41, 5.74) is 2.87. The van der Waals surface area contributed by atoms with Crippen LogP contribution in [0.1, 0.15) is 36.8 Å². The number of carbonyl (C=O) groups excluding carboxylic acids is 1. The van der Waals surface area contributed by atoms with Crippen LogP contribution in [0.5, 0.6) is 0 Å². The van der Waals surface area contributed by atoms with E-state index in [-0.39, 0.29) is 5.91 Å². The Hall–Kier alpha value is -2.60. The first-order valence-corrected chi connectivity index (χ1v) is 9.75. The van der Waals surface area contributed by atoms with E-state index >= 15 is 0 Å². The fourth-order valence-corrected chi connectivity index (χ4v) is 4.02. The molecule has 1 fully saturated rings. The van der Waals surface area contributed by atoms with Gasteiger partial charge < -0.3 is 14.6 Å². The van der Waals surface area contributed by atoms with Gasteiger partial charge in [-0.2, -0.15) is 5.10 Å². The van der Waals surface area contributed by atoms with E-state index in [1.54, 1.807) is 0 Å². The van der Waals surface area contributed by atoms with Crippen LogP contribution in [-0.2, 0) is 24.4 Å². The Kier molecular flexibility index (Phi) is 4.01. The SMILES string of the molecule is O=C(Cn1ccc2ccccc21)N1CCCn2nc([C@@H](O)C3CC3)cc2C1. The van der Waals surface area contributed by atoms with Crippen molar-refractivity contribution in [2.75, 3.05) is 6.54 Å². The first-order valence-electron chi connectivity index (χ1n) is 9.75. The van der Waals surface area contributed by atoms with Gasteiger partial charge in [-0.05, 0) is 48.8 Å². The van der Waals surface area contributed by atoms with Gasteiger partial charge in [-0.1, -0.05) is 18.2 Å². The second kappa shape index (κ2) is 6.53. The van der Waals surface area contributed by atoms with Gasteiger partial charge in [0, 0.05) is 24.8 Å². The van der Waals surface area contributed by atoms with E-state index in [0.29, 0.717) is 19.0 Å². The van der Waals surface area contributed by atoms with Crippen LogP contribution >= 0.6 is 0 Å². The third kappa shape index (κ3) is 3.14. The molecule has 1 saturated carbocycles. The lowest BCUT2D eigenvalue weighted by Crippen LogP contribution is -2.33. The molecule has 3 heterocycles. The Morgan fingerprint density at radius 2 is 2.07 bits per heavy atom. The maximum atomic E-state index is 13.0. The third-order valence-corrected chi connectivity index (χ3v) is 5.74. The highest BCUT2D eigenvalue weighted by Crippen LogP contribution is 2.40. The molecule has 6 nitrogen and oxygen atoms in total. The summed E-state index contributed by atoms with van der Waals surface area (Å²) in [4.78, 5) is 14.9. The molecule has 0 unspecified atom stereocenters. The van der Waals surface area contributed by atoms with Crippen molar-refractivity contribution < 1.29 is 9.90 Å². The third-order valence-electron chi connectivity index (χ3n) is 5.74. The Morgan fingerprint density at radius 3 is 2.93 bits per heavy atom. The molecule has 5 rings (SSSR count). The minimum atomic E-state index is -0.459. The predicted molar refractivity (Wildman–Crippen MR) is 102 cm³/mol. The lowest BCUT2D eigenvalue weighted by molar-refractivity contribution is -0.132. The molecule has 1 aliphatic heterocycles. The van der Waals surface area contributed by atoms with E-state index in [1.165, 1.54) is 0 Å². The number of aromatic nitrogens is 3. The number of aliphatic hydroxyl groups is 1. The van der Waals surface area contributed by atoms with Crippen molar-refractivity contribution in [3.8, 4) is 0 Å². The molecule has 2 aromatic heterocycles. The van der Waals surface area contributed by atoms with Gasteiger partial charge in [0.25, 0.3) is 0 Å². The number of benzene rings is 1. The molecule has 27 heavy (non-hydrogen) atoms. The van der Waals surface area contributed by atoms with Crippen molar-refractivity contribution in [2.24, 2.45) is 5.92 Å². The Morgan fingerprint density at radius 1 is 1.22 bits per heavy atom. The summed E-state index contributed by atoms with van der Waals surface area (Å²) in [7, 11) is 0. The quantitative estimate of drug-likeness (QED) is 0.774. The average Bonchev–Trinajstić information content (AvgIpc) is 3.40. The Bertz CT molecular complexity index is 985. The van der Waals surface area contributed by atoms with Gasteiger partial charge >= 0.3 is 0 Å². The molecule has 6 heteroatoms. The smallest absolute Gasteiger partial charge is 0.242 e. The summed E-state index contributed by atoms with van der Waals surface area (Å²) in [6.45, 7) is 2.44. The number of fused-ring (bicyclic) bond motifs is 2. The fourth-order valence-electron chi connectivity index (χ4n) is 4.02. The van der Waals surface area contributed by atoms with Gasteiger partial charge in [0.1, 0.15) is 12.6 Å². The molecular weight excluding hydrogens is 340 g/mol. The number of amides is 1. The number of hydrogen-bond donors (Lipinski definition) is 1. The maximum absolute atomic E-state index is 13.0. The van der Waals surface area contributed by atoms with Crippen LogP contribution in [0.25, 0.3) is 10.9 Å². The molecule has 0 spiro atoms. The molecule has 0 radical (unpaired) electrons. The van der Waals surface area contributed by atoms with Crippen molar-refractivity contribution in [3.63, 3.8) is 0 Å². The lowest BCUT2D eigenvalue weighted by atomic mass is 10.1. The number of rotatable bonds is 4. The Labute approximate surface area is 158 Å². The summed E-state index contributed by atoms with van der Waals surface area (Å²) >= 11 is 0. The van der Waals surface area contributed by atoms with Gasteiger partial charge in [-0.15, -0.1) is 0 Å². The van der Waals surface area contributed by atoms with E-state index in [4.69, 9.17) is 0 Å². The normalized spacial score (nSPS) is 18.3. The minimum Gasteiger partial charge on any atom is -0.386 e. The number of nitrogens with zero attached hydrogens (tertiary/aromatic N) is 4. The number of carbonyl (C=O) groups is 1. The van der Waals surface area contributed by atoms with Crippen LogP contribution in [0.2, 0.25) is 0 Å². The second-order valence-electron chi connectivity index (χ2n) is 7.74. The van der Waals surface area contributed by atoms with Crippen LogP contribution in [0.15, 0.2) is 42.6 Å². The molecule has 0 bridgehead atoms. The summed E-state index contributed by atoms with van der Waals surface area (Å²) in [5, 5.41) is 16.1. The zero-order valence-corrected chi connectivity index (χ0v) is 15.3. The fraction of sp³-hybridized carbons (Fsp3) is 0.429. The number of para-hydroxylation sites is 1. The molecule has 3 aromatic rings. The van der Waals surface area contributed by atoms with Gasteiger partial charge in [0.15, 0.2) is 0 Å². The monoisotopic (exact) mass is 364 g/mol. The molecule has 2 aliphatic rings. The highest BCUT2D eigenvalue weighted by Gasteiger charge is 2.33. The summed E-state index contributed by atoms with van der Waals surface area (Å²) in [6, 6.07) is 12.2. The van der Waals surface area contributed by atoms with Crippen LogP contribution in [-0.4, -0.2) is 36.8 Å². The maximum Gasteiger partial charge on any atom is 0.242 e. The molecule has 1 aliphatic carbocycles. The topological polar surface area (TPSA) is 63.3 Å². The lowest BCUT2D eigenvalue weighted by Gasteiger charge is -2.20. The van der Waals surface area contributed by atoms with Crippen molar-refractivity contribution in [3.05, 3.63) is 54.0 Å². The molecule has 1 aromatic carbocycles. The number of aliphatic hydroxyl groups excluding tert-OH is 1. The molecule has 1 N–H and O–H groups in total. The molecule has 0 saturated heterocycles. The highest BCUT2D eigenvalue weighted by atomic mass is 16.3. The standard InChI is InChI=1S/C21H24N4O2/c26-20(14-23-11-8-15-4-1-2-5-19(15)23)24-9-3-10-25-17(13-24)12-18(22-25)21(27)16-6-7-16/h1-2,4-5,8,11-12,16,21,27H,3,6-7,9-10,13-14H2/t21-/m0/s1. The number of aryl methyl sites for hydroxylation is 1. The van der Waals surface area contributed by atoms with Gasteiger partial charge in [0.05, 0.1) is 17.9 Å². The highest BCUT2D eigenvalue weighted by molar-refractivity contribution is 5.83. The van der Waals surface area contributed by atoms with Crippen LogP contribution in [0.4, 0.5) is 0 Å². The van der Waals surface area contributed by atoms with Crippen molar-refractivity contribution in [1.82, 2.24) is 19.2 Å². The van der Waals surface area contributed by atoms with Crippen molar-refractivity contribution >= 4 is 16.8 Å². The minimum absolute atomic E-state index is 0.121. The molecule has 140 valence electrons. The first-order chi connectivity index (χ1) is 13.2. The first kappa shape index (κ1) is 16.6. The summed E-state index contributed by atoms with van der Waals surface area (Å²) in [6.07, 6.45) is 4.57. The van der Waals surface area contributed by atoms with E-state index in [1.807, 2.05) is 50.7 Å². The predicted octanol–water partition coefficient (Wildman–Crippen LogP) is 2.71. The molecule has 1 atom stereocenters.